The maximum Gasteiger partial charge on any atom is 0.340 e. The molecule has 2 aromatic heterocycles. The number of hydrogen-bond donors (Lipinski definition) is 1. The van der Waals surface area contributed by atoms with Crippen LogP contribution in [0.5, 0.6) is 0 Å². The zero-order valence-electron chi connectivity index (χ0n) is 13.0. The van der Waals surface area contributed by atoms with Gasteiger partial charge in [-0.1, -0.05) is 26.8 Å². The summed E-state index contributed by atoms with van der Waals surface area (Å²) < 4.78 is 6.84. The molecule has 0 aliphatic heterocycles. The first-order valence-electron chi connectivity index (χ1n) is 7.32. The van der Waals surface area contributed by atoms with Crippen LogP contribution >= 0.6 is 0 Å². The maximum atomic E-state index is 12.5. The van der Waals surface area contributed by atoms with Crippen molar-refractivity contribution in [3.63, 3.8) is 0 Å². The van der Waals surface area contributed by atoms with Crippen molar-refractivity contribution in [1.29, 1.82) is 10.7 Å². The van der Waals surface area contributed by atoms with E-state index in [2.05, 4.69) is 6.07 Å². The first-order chi connectivity index (χ1) is 10.5. The third-order valence-electron chi connectivity index (χ3n) is 3.46. The van der Waals surface area contributed by atoms with Gasteiger partial charge in [0.05, 0.1) is 23.3 Å². The highest BCUT2D eigenvalue weighted by molar-refractivity contribution is 5.99. The SMILES string of the molecule is CCCOC(=O)c1c(C(C)C)c(C#N)c(=N)n2ccccc12. The number of rotatable bonds is 4. The molecule has 0 radical (unpaired) electrons. The lowest BCUT2D eigenvalue weighted by atomic mass is 9.92. The van der Waals surface area contributed by atoms with E-state index >= 15 is 0 Å². The van der Waals surface area contributed by atoms with Crippen LogP contribution < -0.4 is 5.49 Å². The van der Waals surface area contributed by atoms with Crippen LogP contribution in [0.1, 0.15) is 54.6 Å². The number of pyridine rings is 2. The first-order valence-corrected chi connectivity index (χ1v) is 7.32. The zero-order chi connectivity index (χ0) is 16.3. The lowest BCUT2D eigenvalue weighted by molar-refractivity contribution is 0.0505. The minimum atomic E-state index is -0.439. The van der Waals surface area contributed by atoms with Crippen LogP contribution in [0.3, 0.4) is 0 Å². The van der Waals surface area contributed by atoms with Gasteiger partial charge in [-0.3, -0.25) is 5.41 Å². The number of carbonyl (C=O) groups is 1. The van der Waals surface area contributed by atoms with Crippen molar-refractivity contribution >= 4 is 11.5 Å². The predicted molar refractivity (Wildman–Crippen MR) is 82.6 cm³/mol. The van der Waals surface area contributed by atoms with Gasteiger partial charge in [0.25, 0.3) is 0 Å². The Morgan fingerprint density at radius 1 is 1.45 bits per heavy atom. The number of esters is 1. The van der Waals surface area contributed by atoms with Gasteiger partial charge in [-0.2, -0.15) is 5.26 Å². The Labute approximate surface area is 129 Å². The van der Waals surface area contributed by atoms with Crippen molar-refractivity contribution in [3.05, 3.63) is 46.6 Å². The largest absolute Gasteiger partial charge is 0.462 e. The Balaban J connectivity index is 2.89. The highest BCUT2D eigenvalue weighted by Crippen LogP contribution is 2.26. The average Bonchev–Trinajstić information content (AvgIpc) is 2.52. The second-order valence-electron chi connectivity index (χ2n) is 5.37. The first kappa shape index (κ1) is 15.8. The smallest absolute Gasteiger partial charge is 0.340 e. The molecule has 5 nitrogen and oxygen atoms in total. The maximum absolute atomic E-state index is 12.5. The molecule has 0 saturated carbocycles. The topological polar surface area (TPSA) is 78.3 Å². The van der Waals surface area contributed by atoms with Gasteiger partial charge in [-0.15, -0.1) is 0 Å². The van der Waals surface area contributed by atoms with E-state index < -0.39 is 5.97 Å². The summed E-state index contributed by atoms with van der Waals surface area (Å²) in [4.78, 5) is 12.5. The van der Waals surface area contributed by atoms with Crippen molar-refractivity contribution in [2.75, 3.05) is 6.61 Å². The molecule has 0 aliphatic rings. The summed E-state index contributed by atoms with van der Waals surface area (Å²) in [7, 11) is 0. The summed E-state index contributed by atoms with van der Waals surface area (Å²) >= 11 is 0. The van der Waals surface area contributed by atoms with Gasteiger partial charge in [-0.05, 0) is 30.0 Å². The number of nitriles is 1. The molecule has 5 heteroatoms. The molecule has 0 fully saturated rings. The minimum Gasteiger partial charge on any atom is -0.462 e. The molecular formula is C17H19N3O2. The lowest BCUT2D eigenvalue weighted by Crippen LogP contribution is -2.25. The number of hydrogen-bond acceptors (Lipinski definition) is 4. The number of nitrogens with one attached hydrogen (secondary N) is 1. The molecule has 2 aromatic rings. The highest BCUT2D eigenvalue weighted by atomic mass is 16.5. The van der Waals surface area contributed by atoms with Crippen molar-refractivity contribution in [2.45, 2.75) is 33.1 Å². The van der Waals surface area contributed by atoms with E-state index in [1.165, 1.54) is 0 Å². The highest BCUT2D eigenvalue weighted by Gasteiger charge is 2.24. The summed E-state index contributed by atoms with van der Waals surface area (Å²) in [6.07, 6.45) is 2.41. The summed E-state index contributed by atoms with van der Waals surface area (Å²) in [5.74, 6) is -0.501. The Morgan fingerprint density at radius 2 is 2.18 bits per heavy atom. The quantitative estimate of drug-likeness (QED) is 0.881. The number of nitrogens with zero attached hydrogens (tertiary/aromatic N) is 2. The van der Waals surface area contributed by atoms with Crippen LogP contribution in [0, 0.1) is 16.7 Å². The van der Waals surface area contributed by atoms with Gasteiger partial charge in [0, 0.05) is 6.20 Å². The molecule has 0 saturated heterocycles. The molecule has 0 amide bonds. The fourth-order valence-corrected chi connectivity index (χ4v) is 2.52. The van der Waals surface area contributed by atoms with Gasteiger partial charge >= 0.3 is 5.97 Å². The van der Waals surface area contributed by atoms with Crippen LogP contribution in [0.4, 0.5) is 0 Å². The lowest BCUT2D eigenvalue weighted by Gasteiger charge is -2.17. The molecule has 0 spiro atoms. The molecule has 0 atom stereocenters. The third kappa shape index (κ3) is 2.60. The fourth-order valence-electron chi connectivity index (χ4n) is 2.52. The summed E-state index contributed by atoms with van der Waals surface area (Å²) in [6.45, 7) is 6.08. The molecule has 0 aliphatic carbocycles. The van der Waals surface area contributed by atoms with Crippen LogP contribution in [-0.4, -0.2) is 17.0 Å². The van der Waals surface area contributed by atoms with Crippen LogP contribution in [0.2, 0.25) is 0 Å². The summed E-state index contributed by atoms with van der Waals surface area (Å²) in [5.41, 5.74) is 1.88. The number of ether oxygens (including phenoxy) is 1. The van der Waals surface area contributed by atoms with E-state index in [0.717, 1.165) is 6.42 Å². The van der Waals surface area contributed by atoms with Crippen molar-refractivity contribution in [1.82, 2.24) is 4.40 Å². The van der Waals surface area contributed by atoms with E-state index in [1.54, 1.807) is 22.7 Å². The Hall–Kier alpha value is -2.61. The van der Waals surface area contributed by atoms with Crippen LogP contribution in [0.15, 0.2) is 24.4 Å². The number of aromatic nitrogens is 1. The zero-order valence-corrected chi connectivity index (χ0v) is 13.0. The van der Waals surface area contributed by atoms with Crippen molar-refractivity contribution < 1.29 is 9.53 Å². The minimum absolute atomic E-state index is 0.0619. The van der Waals surface area contributed by atoms with Gasteiger partial charge in [0.15, 0.2) is 0 Å². The molecule has 0 unspecified atom stereocenters. The number of fused-ring (bicyclic) bond motifs is 1. The molecule has 2 rings (SSSR count). The van der Waals surface area contributed by atoms with Crippen molar-refractivity contribution in [2.24, 2.45) is 0 Å². The van der Waals surface area contributed by atoms with Gasteiger partial charge < -0.3 is 9.14 Å². The van der Waals surface area contributed by atoms with Gasteiger partial charge in [0.2, 0.25) is 0 Å². The van der Waals surface area contributed by atoms with E-state index in [0.29, 0.717) is 23.3 Å². The van der Waals surface area contributed by atoms with Crippen LogP contribution in [0.25, 0.3) is 5.52 Å². The summed E-state index contributed by atoms with van der Waals surface area (Å²) in [6, 6.07) is 7.42. The van der Waals surface area contributed by atoms with E-state index in [4.69, 9.17) is 10.1 Å². The summed E-state index contributed by atoms with van der Waals surface area (Å²) in [5, 5.41) is 17.7. The molecule has 114 valence electrons. The second-order valence-corrected chi connectivity index (χ2v) is 5.37. The Kier molecular flexibility index (Phi) is 4.62. The van der Waals surface area contributed by atoms with E-state index in [1.807, 2.05) is 26.8 Å². The van der Waals surface area contributed by atoms with E-state index in [-0.39, 0.29) is 17.0 Å². The molecule has 1 N–H and O–H groups in total. The molecule has 2 heterocycles. The molecule has 0 bridgehead atoms. The van der Waals surface area contributed by atoms with Gasteiger partial charge in [0.1, 0.15) is 11.6 Å². The average molecular weight is 297 g/mol. The predicted octanol–water partition coefficient (Wildman–Crippen LogP) is 2.98. The fraction of sp³-hybridized carbons (Fsp3) is 0.353. The number of carbonyl (C=O) groups excluding carboxylic acids is 1. The van der Waals surface area contributed by atoms with Crippen molar-refractivity contribution in [3.8, 4) is 6.07 Å². The van der Waals surface area contributed by atoms with Crippen LogP contribution in [-0.2, 0) is 4.74 Å². The normalized spacial score (nSPS) is 10.7. The Morgan fingerprint density at radius 3 is 2.77 bits per heavy atom. The second kappa shape index (κ2) is 6.44. The Bertz CT molecular complexity index is 813. The van der Waals surface area contributed by atoms with Gasteiger partial charge in [-0.25, -0.2) is 4.79 Å². The molecular weight excluding hydrogens is 278 g/mol. The monoisotopic (exact) mass is 297 g/mol. The van der Waals surface area contributed by atoms with E-state index in [9.17, 15) is 10.1 Å². The molecule has 22 heavy (non-hydrogen) atoms. The standard InChI is InChI=1S/C17H19N3O2/c1-4-9-22-17(21)15-13-7-5-6-8-20(13)16(19)12(10-18)14(15)11(2)3/h5-8,11,19H,4,9H2,1-3H3. The third-order valence-corrected chi connectivity index (χ3v) is 3.46. The molecule has 0 aromatic carbocycles.